The summed E-state index contributed by atoms with van der Waals surface area (Å²) in [6.45, 7) is 3.00. The van der Waals surface area contributed by atoms with E-state index in [0.717, 1.165) is 32.2 Å². The van der Waals surface area contributed by atoms with Crippen LogP contribution in [0.4, 0.5) is 0 Å². The molecular weight excluding hydrogens is 216 g/mol. The number of hydrogen-bond donors (Lipinski definition) is 1. The van der Waals surface area contributed by atoms with E-state index in [0.29, 0.717) is 12.6 Å². The Labute approximate surface area is 91.9 Å². The summed E-state index contributed by atoms with van der Waals surface area (Å²) in [6.07, 6.45) is 3.32. The fraction of sp³-hybridized carbons (Fsp3) is 1.00. The molecular formula is C9H20N2O3S. The third-order valence-electron chi connectivity index (χ3n) is 2.67. The fourth-order valence-electron chi connectivity index (χ4n) is 1.76. The monoisotopic (exact) mass is 236 g/mol. The van der Waals surface area contributed by atoms with Crippen molar-refractivity contribution in [2.75, 3.05) is 39.5 Å². The summed E-state index contributed by atoms with van der Waals surface area (Å²) in [6, 6.07) is 0.550. The van der Waals surface area contributed by atoms with Crippen LogP contribution >= 0.6 is 0 Å². The van der Waals surface area contributed by atoms with Crippen LogP contribution in [0.1, 0.15) is 12.8 Å². The Hall–Kier alpha value is -0.170. The number of nitrogens with zero attached hydrogens (tertiary/aromatic N) is 1. The summed E-state index contributed by atoms with van der Waals surface area (Å²) >= 11 is 0. The molecule has 1 aliphatic heterocycles. The maximum Gasteiger partial charge on any atom is 0.264 e. The van der Waals surface area contributed by atoms with Crippen LogP contribution in [-0.4, -0.2) is 58.9 Å². The summed E-state index contributed by atoms with van der Waals surface area (Å²) in [5.74, 6) is 0. The van der Waals surface area contributed by atoms with E-state index in [1.165, 1.54) is 0 Å². The van der Waals surface area contributed by atoms with Gasteiger partial charge in [0.15, 0.2) is 0 Å². The third kappa shape index (κ3) is 5.46. The quantitative estimate of drug-likeness (QED) is 0.661. The Morgan fingerprint density at radius 2 is 2.00 bits per heavy atom. The van der Waals surface area contributed by atoms with Gasteiger partial charge < -0.3 is 10.2 Å². The molecule has 0 aromatic carbocycles. The summed E-state index contributed by atoms with van der Waals surface area (Å²) < 4.78 is 26.2. The summed E-state index contributed by atoms with van der Waals surface area (Å²) in [4.78, 5) is 2.17. The predicted octanol–water partition coefficient (Wildman–Crippen LogP) is -0.354. The Morgan fingerprint density at radius 1 is 1.40 bits per heavy atom. The van der Waals surface area contributed by atoms with Gasteiger partial charge in [0.1, 0.15) is 0 Å². The van der Waals surface area contributed by atoms with E-state index in [2.05, 4.69) is 10.2 Å². The lowest BCUT2D eigenvalue weighted by Crippen LogP contribution is -2.42. The number of likely N-dealkylation sites (N-methyl/N-ethyl adjacent to an activating group) is 1. The van der Waals surface area contributed by atoms with Crippen LogP contribution in [0.2, 0.25) is 0 Å². The molecule has 90 valence electrons. The molecule has 1 fully saturated rings. The minimum atomic E-state index is -3.29. The Balaban J connectivity index is 2.20. The first-order valence-electron chi connectivity index (χ1n) is 5.24. The number of rotatable bonds is 5. The molecule has 0 amide bonds. The molecule has 0 aromatic rings. The van der Waals surface area contributed by atoms with Crippen LogP contribution in [-0.2, 0) is 14.3 Å². The van der Waals surface area contributed by atoms with E-state index < -0.39 is 10.1 Å². The van der Waals surface area contributed by atoms with Crippen molar-refractivity contribution >= 4 is 10.1 Å². The zero-order valence-electron chi connectivity index (χ0n) is 9.40. The van der Waals surface area contributed by atoms with Crippen LogP contribution < -0.4 is 5.32 Å². The van der Waals surface area contributed by atoms with Gasteiger partial charge in [0, 0.05) is 12.6 Å². The van der Waals surface area contributed by atoms with Crippen LogP contribution in [0, 0.1) is 0 Å². The molecule has 0 aliphatic carbocycles. The average molecular weight is 236 g/mol. The molecule has 0 aromatic heterocycles. The van der Waals surface area contributed by atoms with E-state index >= 15 is 0 Å². The topological polar surface area (TPSA) is 58.6 Å². The smallest absolute Gasteiger partial charge is 0.264 e. The van der Waals surface area contributed by atoms with Gasteiger partial charge in [0.2, 0.25) is 0 Å². The Morgan fingerprint density at radius 3 is 2.53 bits per heavy atom. The second-order valence-corrected chi connectivity index (χ2v) is 5.63. The molecule has 5 nitrogen and oxygen atoms in total. The van der Waals surface area contributed by atoms with Gasteiger partial charge in [-0.25, -0.2) is 0 Å². The minimum absolute atomic E-state index is 0.249. The molecule has 1 N–H and O–H groups in total. The predicted molar refractivity (Wildman–Crippen MR) is 59.3 cm³/mol. The molecule has 0 atom stereocenters. The van der Waals surface area contributed by atoms with Gasteiger partial charge >= 0.3 is 0 Å². The zero-order valence-corrected chi connectivity index (χ0v) is 10.2. The van der Waals surface area contributed by atoms with Crippen LogP contribution in [0.25, 0.3) is 0 Å². The first kappa shape index (κ1) is 12.9. The largest absolute Gasteiger partial charge is 0.317 e. The Kier molecular flexibility index (Phi) is 4.98. The van der Waals surface area contributed by atoms with E-state index in [1.807, 2.05) is 7.05 Å². The highest BCUT2D eigenvalue weighted by atomic mass is 32.2. The lowest BCUT2D eigenvalue weighted by molar-refractivity contribution is 0.167. The van der Waals surface area contributed by atoms with Gasteiger partial charge in [-0.3, -0.25) is 4.18 Å². The normalized spacial score (nSPS) is 19.7. The first-order chi connectivity index (χ1) is 6.99. The lowest BCUT2D eigenvalue weighted by atomic mass is 10.1. The lowest BCUT2D eigenvalue weighted by Gasteiger charge is -2.31. The van der Waals surface area contributed by atoms with Gasteiger partial charge in [0.05, 0.1) is 12.9 Å². The summed E-state index contributed by atoms with van der Waals surface area (Å²) in [7, 11) is -1.27. The second kappa shape index (κ2) is 5.79. The standard InChI is InChI=1S/C9H20N2O3S/c1-11(7-8-14-15(2,12)13)9-3-5-10-6-4-9/h9-10H,3-8H2,1-2H3. The third-order valence-corrected chi connectivity index (χ3v) is 3.27. The SMILES string of the molecule is CN(CCOS(C)(=O)=O)C1CCNCC1. The molecule has 1 rings (SSSR count). The highest BCUT2D eigenvalue weighted by Crippen LogP contribution is 2.09. The fourth-order valence-corrected chi connectivity index (χ4v) is 2.14. The molecule has 0 radical (unpaired) electrons. The van der Waals surface area contributed by atoms with Crippen molar-refractivity contribution in [2.45, 2.75) is 18.9 Å². The molecule has 0 bridgehead atoms. The van der Waals surface area contributed by atoms with Gasteiger partial charge in [0.25, 0.3) is 10.1 Å². The molecule has 15 heavy (non-hydrogen) atoms. The van der Waals surface area contributed by atoms with E-state index in [-0.39, 0.29) is 6.61 Å². The van der Waals surface area contributed by atoms with Gasteiger partial charge in [-0.1, -0.05) is 0 Å². The van der Waals surface area contributed by atoms with E-state index in [1.54, 1.807) is 0 Å². The highest BCUT2D eigenvalue weighted by Gasteiger charge is 2.17. The molecule has 0 spiro atoms. The van der Waals surface area contributed by atoms with E-state index in [9.17, 15) is 8.42 Å². The van der Waals surface area contributed by atoms with Crippen molar-refractivity contribution in [3.63, 3.8) is 0 Å². The number of hydrogen-bond acceptors (Lipinski definition) is 5. The highest BCUT2D eigenvalue weighted by molar-refractivity contribution is 7.85. The zero-order chi connectivity index (χ0) is 11.3. The van der Waals surface area contributed by atoms with Gasteiger partial charge in [-0.2, -0.15) is 8.42 Å². The van der Waals surface area contributed by atoms with Crippen molar-refractivity contribution in [1.82, 2.24) is 10.2 Å². The molecule has 0 saturated carbocycles. The summed E-state index contributed by atoms with van der Waals surface area (Å²) in [5.41, 5.74) is 0. The molecule has 0 unspecified atom stereocenters. The van der Waals surface area contributed by atoms with Gasteiger partial charge in [-0.15, -0.1) is 0 Å². The van der Waals surface area contributed by atoms with Gasteiger partial charge in [-0.05, 0) is 33.0 Å². The van der Waals surface area contributed by atoms with Crippen molar-refractivity contribution in [1.29, 1.82) is 0 Å². The van der Waals surface area contributed by atoms with Crippen LogP contribution in [0.15, 0.2) is 0 Å². The van der Waals surface area contributed by atoms with Crippen molar-refractivity contribution in [3.05, 3.63) is 0 Å². The number of nitrogens with one attached hydrogen (secondary N) is 1. The van der Waals surface area contributed by atoms with Crippen molar-refractivity contribution in [2.24, 2.45) is 0 Å². The molecule has 1 saturated heterocycles. The van der Waals surface area contributed by atoms with E-state index in [4.69, 9.17) is 4.18 Å². The minimum Gasteiger partial charge on any atom is -0.317 e. The van der Waals surface area contributed by atoms with Crippen LogP contribution in [0.3, 0.4) is 0 Å². The molecule has 1 heterocycles. The maximum atomic E-state index is 10.7. The van der Waals surface area contributed by atoms with Crippen molar-refractivity contribution < 1.29 is 12.6 Å². The first-order valence-corrected chi connectivity index (χ1v) is 7.06. The maximum absolute atomic E-state index is 10.7. The summed E-state index contributed by atoms with van der Waals surface area (Å²) in [5, 5.41) is 3.30. The second-order valence-electron chi connectivity index (χ2n) is 3.99. The van der Waals surface area contributed by atoms with Crippen LogP contribution in [0.5, 0.6) is 0 Å². The van der Waals surface area contributed by atoms with Crippen molar-refractivity contribution in [3.8, 4) is 0 Å². The Bertz CT molecular complexity index is 273. The number of piperidine rings is 1. The molecule has 1 aliphatic rings. The average Bonchev–Trinajstić information content (AvgIpc) is 2.17. The molecule has 6 heteroatoms.